The lowest BCUT2D eigenvalue weighted by Crippen LogP contribution is -2.58. The normalized spacial score (nSPS) is 24.0. The number of hydrogen-bond acceptors (Lipinski definition) is 7. The Kier molecular flexibility index (Phi) is 4.17. The lowest BCUT2D eigenvalue weighted by atomic mass is 9.88. The number of nitrogens with zero attached hydrogens (tertiary/aromatic N) is 6. The highest BCUT2D eigenvalue weighted by molar-refractivity contribution is 7.81. The van der Waals surface area contributed by atoms with Crippen molar-refractivity contribution >= 4 is 44.6 Å². The Morgan fingerprint density at radius 3 is 1.73 bits per heavy atom. The Hall–Kier alpha value is -1.13. The van der Waals surface area contributed by atoms with Crippen LogP contribution in [0.5, 0.6) is 0 Å². The Morgan fingerprint density at radius 1 is 0.909 bits per heavy atom. The quantitative estimate of drug-likeness (QED) is 0.483. The molecule has 0 fully saturated rings. The van der Waals surface area contributed by atoms with Gasteiger partial charge in [-0.1, -0.05) is 0 Å². The number of rotatable bonds is 3. The molecule has 1 aromatic heterocycles. The molecule has 3 heterocycles. The first-order valence-electron chi connectivity index (χ1n) is 6.87. The Labute approximate surface area is 147 Å². The minimum atomic E-state index is -0.138. The first-order chi connectivity index (χ1) is 10.4. The molecule has 0 saturated heterocycles. The SMILES string of the molecule is CN1C=CN(B(N2C=CN(C)C2S)n2ccn(C)c2=S)C1S. The van der Waals surface area contributed by atoms with Gasteiger partial charge in [0.15, 0.2) is 4.77 Å². The van der Waals surface area contributed by atoms with Crippen molar-refractivity contribution in [2.24, 2.45) is 7.05 Å². The number of thiol groups is 2. The maximum atomic E-state index is 5.56. The second-order valence-corrected chi connectivity index (χ2v) is 6.75. The number of aryl methyl sites for hydroxylation is 1. The van der Waals surface area contributed by atoms with E-state index in [1.54, 1.807) is 0 Å². The van der Waals surface area contributed by atoms with Crippen molar-refractivity contribution in [1.82, 2.24) is 28.5 Å². The van der Waals surface area contributed by atoms with E-state index in [2.05, 4.69) is 14.1 Å². The molecule has 0 radical (unpaired) electrons. The van der Waals surface area contributed by atoms with Crippen LogP contribution < -0.4 is 0 Å². The highest BCUT2D eigenvalue weighted by Gasteiger charge is 2.42. The lowest BCUT2D eigenvalue weighted by molar-refractivity contribution is 0.299. The highest BCUT2D eigenvalue weighted by atomic mass is 32.1. The van der Waals surface area contributed by atoms with Gasteiger partial charge < -0.3 is 28.5 Å². The average Bonchev–Trinajstić information content (AvgIpc) is 3.10. The summed E-state index contributed by atoms with van der Waals surface area (Å²) >= 11 is 15.0. The van der Waals surface area contributed by atoms with E-state index >= 15 is 0 Å². The van der Waals surface area contributed by atoms with Crippen molar-refractivity contribution in [1.29, 1.82) is 0 Å². The van der Waals surface area contributed by atoms with Crippen molar-refractivity contribution in [3.05, 3.63) is 42.0 Å². The van der Waals surface area contributed by atoms with Crippen LogP contribution in [0.3, 0.4) is 0 Å². The molecule has 2 aliphatic rings. The van der Waals surface area contributed by atoms with Gasteiger partial charge in [0.05, 0.1) is 0 Å². The largest absolute Gasteiger partial charge is 0.514 e. The van der Waals surface area contributed by atoms with Crippen molar-refractivity contribution in [2.75, 3.05) is 14.1 Å². The molecule has 0 spiro atoms. The molecule has 0 N–H and O–H groups in total. The van der Waals surface area contributed by atoms with Crippen LogP contribution in [0.1, 0.15) is 0 Å². The monoisotopic (exact) mass is 354 g/mol. The Morgan fingerprint density at radius 2 is 1.41 bits per heavy atom. The van der Waals surface area contributed by atoms with Crippen LogP contribution in [0, 0.1) is 4.77 Å². The van der Waals surface area contributed by atoms with Crippen LogP contribution in [-0.2, 0) is 7.05 Å². The highest BCUT2D eigenvalue weighted by Crippen LogP contribution is 2.26. The first kappa shape index (κ1) is 15.8. The topological polar surface area (TPSA) is 22.8 Å². The van der Waals surface area contributed by atoms with Gasteiger partial charge in [-0.2, -0.15) is 0 Å². The van der Waals surface area contributed by atoms with Crippen molar-refractivity contribution in [3.8, 4) is 0 Å². The predicted molar refractivity (Wildman–Crippen MR) is 98.4 cm³/mol. The minimum absolute atomic E-state index is 0.0630. The molecule has 0 amide bonds. The molecule has 1 aromatic rings. The van der Waals surface area contributed by atoms with Crippen LogP contribution in [0.4, 0.5) is 0 Å². The van der Waals surface area contributed by atoms with Gasteiger partial charge >= 0.3 is 7.12 Å². The molecule has 0 aliphatic carbocycles. The molecule has 2 aliphatic heterocycles. The van der Waals surface area contributed by atoms with Crippen LogP contribution in [0.25, 0.3) is 0 Å². The van der Waals surface area contributed by atoms with Gasteiger partial charge in [-0.3, -0.25) is 0 Å². The molecule has 10 heteroatoms. The second kappa shape index (κ2) is 5.82. The van der Waals surface area contributed by atoms with E-state index in [4.69, 9.17) is 37.5 Å². The number of hydrogen-bond donors (Lipinski definition) is 2. The number of imidazole rings is 1. The second-order valence-electron chi connectivity index (χ2n) is 5.46. The molecule has 118 valence electrons. The van der Waals surface area contributed by atoms with E-state index in [1.165, 1.54) is 0 Å². The Balaban J connectivity index is 2.04. The summed E-state index contributed by atoms with van der Waals surface area (Å²) in [5, 5.41) is 0. The zero-order valence-electron chi connectivity index (χ0n) is 12.7. The molecule has 6 nitrogen and oxygen atoms in total. The summed E-state index contributed by atoms with van der Waals surface area (Å²) < 4.78 is 4.72. The summed E-state index contributed by atoms with van der Waals surface area (Å²) in [4.78, 5) is 8.37. The fourth-order valence-electron chi connectivity index (χ4n) is 2.58. The first-order valence-corrected chi connectivity index (χ1v) is 8.31. The molecule has 2 unspecified atom stereocenters. The van der Waals surface area contributed by atoms with Crippen molar-refractivity contribution in [3.63, 3.8) is 0 Å². The van der Waals surface area contributed by atoms with Crippen LogP contribution in [-0.4, -0.2) is 60.7 Å². The molecule has 0 saturated carbocycles. The summed E-state index contributed by atoms with van der Waals surface area (Å²) in [6.07, 6.45) is 12.0. The third-order valence-electron chi connectivity index (χ3n) is 3.97. The fraction of sp³-hybridized carbons (Fsp3) is 0.417. The molecule has 22 heavy (non-hydrogen) atoms. The van der Waals surface area contributed by atoms with Crippen molar-refractivity contribution in [2.45, 2.75) is 11.0 Å². The molecule has 0 bridgehead atoms. The summed E-state index contributed by atoms with van der Waals surface area (Å²) in [7, 11) is 5.81. The van der Waals surface area contributed by atoms with Gasteiger partial charge in [-0.15, -0.1) is 25.3 Å². The standard InChI is InChI=1S/C12H19BN6S3/c1-14-4-7-17(10(14)20)13(18-8-5-15(2)11(18)21)19-9-6-16(3)12(19)22/h4-11,20-21H,1-3H3. The fourth-order valence-corrected chi connectivity index (χ4v) is 3.35. The maximum absolute atomic E-state index is 5.56. The summed E-state index contributed by atoms with van der Waals surface area (Å²) in [5.41, 5.74) is -0.126. The van der Waals surface area contributed by atoms with Gasteiger partial charge in [0, 0.05) is 58.3 Å². The van der Waals surface area contributed by atoms with Crippen LogP contribution >= 0.6 is 37.5 Å². The predicted octanol–water partition coefficient (Wildman–Crippen LogP) is 1.25. The summed E-state index contributed by atoms with van der Waals surface area (Å²) in [5.74, 6) is 0. The average molecular weight is 354 g/mol. The molecule has 0 aromatic carbocycles. The number of aromatic nitrogens is 2. The zero-order valence-corrected chi connectivity index (χ0v) is 15.3. The van der Waals surface area contributed by atoms with E-state index in [1.807, 2.05) is 72.7 Å². The lowest BCUT2D eigenvalue weighted by Gasteiger charge is -2.38. The third-order valence-corrected chi connectivity index (χ3v) is 5.73. The van der Waals surface area contributed by atoms with Gasteiger partial charge in [0.1, 0.15) is 11.0 Å². The maximum Gasteiger partial charge on any atom is 0.514 e. The molecular weight excluding hydrogens is 335 g/mol. The minimum Gasteiger partial charge on any atom is -0.352 e. The van der Waals surface area contributed by atoms with Crippen LogP contribution in [0.2, 0.25) is 0 Å². The molecule has 2 atom stereocenters. The van der Waals surface area contributed by atoms with Gasteiger partial charge in [-0.05, 0) is 12.2 Å². The van der Waals surface area contributed by atoms with E-state index in [-0.39, 0.29) is 18.1 Å². The Bertz CT molecular complexity index is 640. The smallest absolute Gasteiger partial charge is 0.352 e. The van der Waals surface area contributed by atoms with E-state index in [0.717, 1.165) is 4.77 Å². The van der Waals surface area contributed by atoms with Gasteiger partial charge in [0.25, 0.3) is 0 Å². The third kappa shape index (κ3) is 2.42. The van der Waals surface area contributed by atoms with Crippen LogP contribution in [0.15, 0.2) is 37.2 Å². The van der Waals surface area contributed by atoms with Gasteiger partial charge in [-0.25, -0.2) is 0 Å². The summed E-state index contributed by atoms with van der Waals surface area (Å²) in [6.45, 7) is 0. The molecular formula is C12H19BN6S3. The van der Waals surface area contributed by atoms with Crippen molar-refractivity contribution < 1.29 is 0 Å². The molecule has 3 rings (SSSR count). The summed E-state index contributed by atoms with van der Waals surface area (Å²) in [6, 6.07) is 0. The van der Waals surface area contributed by atoms with E-state index in [0.29, 0.717) is 0 Å². The van der Waals surface area contributed by atoms with Gasteiger partial charge in [0.2, 0.25) is 0 Å². The zero-order chi connectivity index (χ0) is 16.0. The van der Waals surface area contributed by atoms with E-state index in [9.17, 15) is 0 Å². The van der Waals surface area contributed by atoms with E-state index < -0.39 is 0 Å².